The number of aryl methyl sites for hydroxylation is 1. The summed E-state index contributed by atoms with van der Waals surface area (Å²) in [4.78, 5) is 31.4. The zero-order chi connectivity index (χ0) is 27.1. The fourth-order valence-corrected chi connectivity index (χ4v) is 4.15. The van der Waals surface area contributed by atoms with Crippen molar-refractivity contribution in [2.45, 2.75) is 26.2 Å². The monoisotopic (exact) mass is 514 g/mol. The van der Waals surface area contributed by atoms with Gasteiger partial charge in [0.15, 0.2) is 11.4 Å². The smallest absolute Gasteiger partial charge is 0.322 e. The molecule has 3 aromatic rings. The zero-order valence-corrected chi connectivity index (χ0v) is 21.1. The molecule has 2 heterocycles. The number of benzene rings is 2. The number of aliphatic hydroxyl groups excluding tert-OH is 1. The largest absolute Gasteiger partial charge is 0.504 e. The Morgan fingerprint density at radius 2 is 1.61 bits per heavy atom. The van der Waals surface area contributed by atoms with E-state index >= 15 is 0 Å². The fraction of sp³-hybridized carbons (Fsp3) is 0.241. The van der Waals surface area contributed by atoms with E-state index in [2.05, 4.69) is 57.0 Å². The third kappa shape index (κ3) is 6.83. The first-order valence-corrected chi connectivity index (χ1v) is 12.3. The lowest BCUT2D eigenvalue weighted by Gasteiger charge is -2.18. The summed E-state index contributed by atoms with van der Waals surface area (Å²) in [5, 5.41) is 33.7. The number of hydrogen-bond donors (Lipinski definition) is 5. The normalized spacial score (nSPS) is 12.8. The molecule has 1 aliphatic rings. The lowest BCUT2D eigenvalue weighted by atomic mass is 9.99. The molecule has 0 spiro atoms. The van der Waals surface area contributed by atoms with Crippen LogP contribution in [-0.4, -0.2) is 56.9 Å². The number of carbonyl (C=O) groups is 2. The van der Waals surface area contributed by atoms with E-state index in [-0.39, 0.29) is 23.7 Å². The Morgan fingerprint density at radius 1 is 0.947 bits per heavy atom. The van der Waals surface area contributed by atoms with Gasteiger partial charge in [-0.3, -0.25) is 9.59 Å². The molecule has 2 aromatic carbocycles. The van der Waals surface area contributed by atoms with E-state index in [1.807, 2.05) is 24.3 Å². The molecule has 1 amide bonds. The maximum atomic E-state index is 12.3. The van der Waals surface area contributed by atoms with Crippen LogP contribution >= 0.6 is 0 Å². The number of amides is 1. The van der Waals surface area contributed by atoms with Gasteiger partial charge in [-0.05, 0) is 53.7 Å². The molecule has 0 aliphatic carbocycles. The molecular weight excluding hydrogens is 484 g/mol. The Bertz CT molecular complexity index is 1380. The van der Waals surface area contributed by atoms with Crippen LogP contribution in [0.25, 0.3) is 5.70 Å². The van der Waals surface area contributed by atoms with Crippen molar-refractivity contribution >= 4 is 17.6 Å². The number of hydrogen-bond acceptors (Lipinski definition) is 7. The SMILES string of the molecule is Cc1nc(Cc2ccc(C3=CC=C(Cc4ccc(CCO)cc4)CN3)cc2)nc(C(=O)NCC(=O)O)c1O. The van der Waals surface area contributed by atoms with Crippen LogP contribution < -0.4 is 10.6 Å². The van der Waals surface area contributed by atoms with Gasteiger partial charge in [0.2, 0.25) is 0 Å². The molecule has 1 aliphatic heterocycles. The summed E-state index contributed by atoms with van der Waals surface area (Å²) < 4.78 is 0. The minimum Gasteiger partial charge on any atom is -0.504 e. The van der Waals surface area contributed by atoms with Gasteiger partial charge in [-0.1, -0.05) is 54.6 Å². The van der Waals surface area contributed by atoms with E-state index in [4.69, 9.17) is 10.2 Å². The number of allylic oxidation sites excluding steroid dienone is 2. The minimum atomic E-state index is -1.19. The average Bonchev–Trinajstić information content (AvgIpc) is 2.91. The van der Waals surface area contributed by atoms with Gasteiger partial charge in [0.25, 0.3) is 5.91 Å². The van der Waals surface area contributed by atoms with E-state index < -0.39 is 18.4 Å². The molecule has 9 nitrogen and oxygen atoms in total. The van der Waals surface area contributed by atoms with Crippen molar-refractivity contribution in [2.75, 3.05) is 19.7 Å². The number of carbonyl (C=O) groups excluding carboxylic acids is 1. The summed E-state index contributed by atoms with van der Waals surface area (Å²) in [7, 11) is 0. The van der Waals surface area contributed by atoms with Crippen LogP contribution in [0.4, 0.5) is 0 Å². The Kier molecular flexibility index (Phi) is 8.50. The van der Waals surface area contributed by atoms with E-state index in [0.29, 0.717) is 18.7 Å². The fourth-order valence-electron chi connectivity index (χ4n) is 4.15. The average molecular weight is 515 g/mol. The summed E-state index contributed by atoms with van der Waals surface area (Å²) in [6, 6.07) is 16.3. The van der Waals surface area contributed by atoms with E-state index in [0.717, 1.165) is 35.4 Å². The number of rotatable bonds is 10. The molecule has 0 atom stereocenters. The first-order valence-electron chi connectivity index (χ1n) is 12.3. The molecule has 4 rings (SSSR count). The van der Waals surface area contributed by atoms with Gasteiger partial charge in [0, 0.05) is 25.3 Å². The number of nitrogens with one attached hydrogen (secondary N) is 2. The highest BCUT2D eigenvalue weighted by Gasteiger charge is 2.19. The van der Waals surface area contributed by atoms with E-state index in [9.17, 15) is 14.7 Å². The highest BCUT2D eigenvalue weighted by atomic mass is 16.4. The number of carboxylic acids is 1. The van der Waals surface area contributed by atoms with Gasteiger partial charge >= 0.3 is 5.97 Å². The lowest BCUT2D eigenvalue weighted by Crippen LogP contribution is -2.30. The quantitative estimate of drug-likeness (QED) is 0.278. The topological polar surface area (TPSA) is 145 Å². The Hall–Kier alpha value is -4.50. The molecule has 38 heavy (non-hydrogen) atoms. The number of carboxylic acid groups (broad SMARTS) is 1. The second-order valence-electron chi connectivity index (χ2n) is 9.10. The van der Waals surface area contributed by atoms with Crippen molar-refractivity contribution in [1.29, 1.82) is 0 Å². The van der Waals surface area contributed by atoms with Crippen LogP contribution in [0, 0.1) is 6.92 Å². The van der Waals surface area contributed by atoms with E-state index in [1.54, 1.807) is 6.92 Å². The number of dihydropyridines is 1. The molecule has 0 unspecified atom stereocenters. The maximum Gasteiger partial charge on any atom is 0.322 e. The number of nitrogens with zero attached hydrogens (tertiary/aromatic N) is 2. The molecule has 9 heteroatoms. The van der Waals surface area contributed by atoms with Crippen LogP contribution in [0.5, 0.6) is 5.75 Å². The first-order chi connectivity index (χ1) is 18.3. The molecule has 0 bridgehead atoms. The van der Waals surface area contributed by atoms with Crippen LogP contribution in [0.3, 0.4) is 0 Å². The maximum absolute atomic E-state index is 12.3. The van der Waals surface area contributed by atoms with Crippen molar-refractivity contribution < 1.29 is 24.9 Å². The molecule has 0 saturated heterocycles. The number of aliphatic carboxylic acids is 1. The number of aromatic nitrogens is 2. The molecule has 0 saturated carbocycles. The molecule has 196 valence electrons. The molecular formula is C29H30N4O5. The van der Waals surface area contributed by atoms with Crippen molar-refractivity contribution in [3.8, 4) is 5.75 Å². The van der Waals surface area contributed by atoms with Crippen LogP contribution in [0.2, 0.25) is 0 Å². The van der Waals surface area contributed by atoms with Crippen LogP contribution in [-0.2, 0) is 24.1 Å². The van der Waals surface area contributed by atoms with Crippen LogP contribution in [0.15, 0.2) is 66.3 Å². The van der Waals surface area contributed by atoms with Crippen LogP contribution in [0.1, 0.15) is 44.3 Å². The highest BCUT2D eigenvalue weighted by molar-refractivity contribution is 5.96. The van der Waals surface area contributed by atoms with E-state index in [1.165, 1.54) is 11.1 Å². The van der Waals surface area contributed by atoms with Gasteiger partial charge in [-0.15, -0.1) is 0 Å². The molecule has 0 fully saturated rings. The Morgan fingerprint density at radius 3 is 2.24 bits per heavy atom. The summed E-state index contributed by atoms with van der Waals surface area (Å²) in [6.45, 7) is 1.90. The molecule has 0 radical (unpaired) electrons. The Balaban J connectivity index is 1.41. The highest BCUT2D eigenvalue weighted by Crippen LogP contribution is 2.22. The van der Waals surface area contributed by atoms with Gasteiger partial charge in [0.1, 0.15) is 12.4 Å². The summed E-state index contributed by atoms with van der Waals surface area (Å²) >= 11 is 0. The number of aliphatic hydroxyl groups is 1. The minimum absolute atomic E-state index is 0.156. The van der Waals surface area contributed by atoms with Crippen molar-refractivity contribution in [3.63, 3.8) is 0 Å². The second-order valence-corrected chi connectivity index (χ2v) is 9.10. The predicted octanol–water partition coefficient (Wildman–Crippen LogP) is 2.54. The van der Waals surface area contributed by atoms with Gasteiger partial charge in [-0.2, -0.15) is 0 Å². The second kappa shape index (κ2) is 12.2. The zero-order valence-electron chi connectivity index (χ0n) is 21.1. The summed E-state index contributed by atoms with van der Waals surface area (Å²) in [5.41, 5.74) is 6.62. The number of aromatic hydroxyl groups is 1. The third-order valence-electron chi connectivity index (χ3n) is 6.19. The standard InChI is InChI=1S/C29H30N4O5/c1-18-28(37)27(29(38)31-17-26(35)36)33-25(32-18)15-21-6-9-23(10-7-21)24-11-8-22(16-30-24)14-20-4-2-19(3-5-20)12-13-34/h2-11,30,34,37H,12-17H2,1H3,(H,31,38)(H,35,36). The van der Waals surface area contributed by atoms with Crippen molar-refractivity contribution in [3.05, 3.63) is 106 Å². The predicted molar refractivity (Wildman–Crippen MR) is 143 cm³/mol. The van der Waals surface area contributed by atoms with Gasteiger partial charge in [0.05, 0.1) is 5.69 Å². The molecule has 5 N–H and O–H groups in total. The van der Waals surface area contributed by atoms with Gasteiger partial charge < -0.3 is 26.0 Å². The first kappa shape index (κ1) is 26.6. The lowest BCUT2D eigenvalue weighted by molar-refractivity contribution is -0.135. The summed E-state index contributed by atoms with van der Waals surface area (Å²) in [5.74, 6) is -1.98. The third-order valence-corrected chi connectivity index (χ3v) is 6.19. The Labute approximate surface area is 220 Å². The molecule has 1 aromatic heterocycles. The summed E-state index contributed by atoms with van der Waals surface area (Å²) in [6.07, 6.45) is 6.09. The van der Waals surface area contributed by atoms with Gasteiger partial charge in [-0.25, -0.2) is 9.97 Å². The van der Waals surface area contributed by atoms with Crippen molar-refractivity contribution in [1.82, 2.24) is 20.6 Å². The van der Waals surface area contributed by atoms with Crippen molar-refractivity contribution in [2.24, 2.45) is 0 Å².